The fraction of sp³-hybridized carbons (Fsp3) is 0.615. The minimum absolute atomic E-state index is 0.0359. The minimum atomic E-state index is -3.84. The van der Waals surface area contributed by atoms with E-state index in [9.17, 15) is 18.3 Å². The van der Waals surface area contributed by atoms with Crippen LogP contribution in [0, 0.1) is 0 Å². The van der Waals surface area contributed by atoms with Crippen molar-refractivity contribution in [2.75, 3.05) is 13.7 Å². The van der Waals surface area contributed by atoms with Crippen molar-refractivity contribution >= 4 is 27.3 Å². The molecule has 6 nitrogen and oxygen atoms in total. The molecule has 2 N–H and O–H groups in total. The second-order valence-corrected chi connectivity index (χ2v) is 7.87. The molecule has 0 bridgehead atoms. The number of hydrogen-bond acceptors (Lipinski definition) is 6. The molecule has 1 heterocycles. The molecule has 118 valence electrons. The van der Waals surface area contributed by atoms with Crippen LogP contribution in [0.25, 0.3) is 0 Å². The lowest BCUT2D eigenvalue weighted by Gasteiger charge is -2.31. The highest BCUT2D eigenvalue weighted by atomic mass is 32.2. The highest BCUT2D eigenvalue weighted by molar-refractivity contribution is 7.89. The SMILES string of the molecule is COC(=O)c1sccc1S(=O)(=O)NCC1(O)CCCCC1. The fourth-order valence-corrected chi connectivity index (χ4v) is 4.90. The molecule has 1 aliphatic carbocycles. The van der Waals surface area contributed by atoms with Gasteiger partial charge in [-0.25, -0.2) is 17.9 Å². The lowest BCUT2D eigenvalue weighted by Crippen LogP contribution is -2.44. The molecule has 0 aliphatic heterocycles. The standard InChI is InChI=1S/C13H19NO5S2/c1-19-12(15)11-10(5-8-20-11)21(17,18)14-9-13(16)6-3-2-4-7-13/h5,8,14,16H,2-4,6-7,9H2,1H3. The van der Waals surface area contributed by atoms with Crippen LogP contribution in [0.1, 0.15) is 41.8 Å². The zero-order valence-corrected chi connectivity index (χ0v) is 13.4. The Labute approximate surface area is 128 Å². The summed E-state index contributed by atoms with van der Waals surface area (Å²) >= 11 is 1.01. The van der Waals surface area contributed by atoms with Crippen LogP contribution in [0.4, 0.5) is 0 Å². The van der Waals surface area contributed by atoms with E-state index in [1.807, 2.05) is 0 Å². The Morgan fingerprint density at radius 2 is 2.10 bits per heavy atom. The van der Waals surface area contributed by atoms with Gasteiger partial charge in [-0.3, -0.25) is 0 Å². The van der Waals surface area contributed by atoms with Gasteiger partial charge in [-0.2, -0.15) is 0 Å². The molecule has 0 saturated heterocycles. The van der Waals surface area contributed by atoms with E-state index in [2.05, 4.69) is 9.46 Å². The number of carbonyl (C=O) groups excluding carboxylic acids is 1. The molecular formula is C13H19NO5S2. The molecule has 8 heteroatoms. The number of ether oxygens (including phenoxy) is 1. The summed E-state index contributed by atoms with van der Waals surface area (Å²) < 4.78 is 31.6. The summed E-state index contributed by atoms with van der Waals surface area (Å²) in [5.41, 5.74) is -0.993. The molecule has 0 spiro atoms. The van der Waals surface area contributed by atoms with Crippen molar-refractivity contribution < 1.29 is 23.1 Å². The van der Waals surface area contributed by atoms with Crippen LogP contribution < -0.4 is 4.72 Å². The quantitative estimate of drug-likeness (QED) is 0.797. The van der Waals surface area contributed by atoms with Gasteiger partial charge in [-0.05, 0) is 24.3 Å². The van der Waals surface area contributed by atoms with Gasteiger partial charge in [-0.1, -0.05) is 19.3 Å². The average Bonchev–Trinajstić information content (AvgIpc) is 2.96. The maximum Gasteiger partial charge on any atom is 0.349 e. The fourth-order valence-electron chi connectivity index (χ4n) is 2.44. The molecule has 0 aromatic carbocycles. The van der Waals surface area contributed by atoms with Gasteiger partial charge in [0.2, 0.25) is 10.0 Å². The number of aliphatic hydroxyl groups is 1. The summed E-state index contributed by atoms with van der Waals surface area (Å²) in [7, 11) is -2.64. The maximum atomic E-state index is 12.3. The van der Waals surface area contributed by atoms with Crippen LogP contribution in [-0.4, -0.2) is 38.7 Å². The van der Waals surface area contributed by atoms with Crippen molar-refractivity contribution in [2.24, 2.45) is 0 Å². The summed E-state index contributed by atoms with van der Waals surface area (Å²) in [5.74, 6) is -0.679. The first-order chi connectivity index (χ1) is 9.88. The number of esters is 1. The number of nitrogens with one attached hydrogen (secondary N) is 1. The van der Waals surface area contributed by atoms with Gasteiger partial charge in [0, 0.05) is 6.54 Å². The Morgan fingerprint density at radius 3 is 2.71 bits per heavy atom. The van der Waals surface area contributed by atoms with Crippen molar-refractivity contribution in [3.8, 4) is 0 Å². The average molecular weight is 333 g/mol. The molecule has 1 saturated carbocycles. The molecule has 0 amide bonds. The predicted octanol–water partition coefficient (Wildman–Crippen LogP) is 1.51. The van der Waals surface area contributed by atoms with E-state index >= 15 is 0 Å². The molecule has 0 radical (unpaired) electrons. The highest BCUT2D eigenvalue weighted by Crippen LogP contribution is 2.28. The number of methoxy groups -OCH3 is 1. The van der Waals surface area contributed by atoms with Crippen molar-refractivity contribution in [2.45, 2.75) is 42.6 Å². The predicted molar refractivity (Wildman–Crippen MR) is 78.9 cm³/mol. The molecule has 1 aromatic heterocycles. The Kier molecular flexibility index (Phi) is 5.03. The lowest BCUT2D eigenvalue weighted by atomic mass is 9.85. The van der Waals surface area contributed by atoms with E-state index in [0.717, 1.165) is 30.6 Å². The van der Waals surface area contributed by atoms with Crippen molar-refractivity contribution in [1.82, 2.24) is 4.72 Å². The summed E-state index contributed by atoms with van der Waals surface area (Å²) in [5, 5.41) is 11.9. The summed E-state index contributed by atoms with van der Waals surface area (Å²) in [6.45, 7) is -0.0359. The van der Waals surface area contributed by atoms with Crippen LogP contribution >= 0.6 is 11.3 Å². The molecule has 0 unspecified atom stereocenters. The van der Waals surface area contributed by atoms with Crippen LogP contribution in [0.3, 0.4) is 0 Å². The Bertz CT molecular complexity index is 602. The van der Waals surface area contributed by atoms with Crippen LogP contribution in [0.5, 0.6) is 0 Å². The molecule has 21 heavy (non-hydrogen) atoms. The van der Waals surface area contributed by atoms with Gasteiger partial charge in [0.25, 0.3) is 0 Å². The van der Waals surface area contributed by atoms with Gasteiger partial charge in [0.1, 0.15) is 9.77 Å². The zero-order chi connectivity index (χ0) is 15.5. The summed E-state index contributed by atoms with van der Waals surface area (Å²) in [6.07, 6.45) is 4.02. The lowest BCUT2D eigenvalue weighted by molar-refractivity contribution is 0.00945. The van der Waals surface area contributed by atoms with Gasteiger partial charge >= 0.3 is 5.97 Å². The number of thiophene rings is 1. The topological polar surface area (TPSA) is 92.7 Å². The van der Waals surface area contributed by atoms with Gasteiger partial charge in [0.15, 0.2) is 0 Å². The third-order valence-electron chi connectivity index (χ3n) is 3.66. The Morgan fingerprint density at radius 1 is 1.43 bits per heavy atom. The first-order valence-corrected chi connectivity index (χ1v) is 9.12. The smallest absolute Gasteiger partial charge is 0.349 e. The third-order valence-corrected chi connectivity index (χ3v) is 6.13. The first kappa shape index (κ1) is 16.4. The maximum absolute atomic E-state index is 12.3. The van der Waals surface area contributed by atoms with E-state index in [-0.39, 0.29) is 16.3 Å². The second kappa shape index (κ2) is 6.43. The molecule has 0 atom stereocenters. The summed E-state index contributed by atoms with van der Waals surface area (Å²) in [4.78, 5) is 11.5. The number of rotatable bonds is 5. The van der Waals surface area contributed by atoms with Gasteiger partial charge in [0.05, 0.1) is 12.7 Å². The van der Waals surface area contributed by atoms with E-state index in [1.165, 1.54) is 18.6 Å². The summed E-state index contributed by atoms with van der Waals surface area (Å²) in [6, 6.07) is 1.37. The first-order valence-electron chi connectivity index (χ1n) is 6.76. The van der Waals surface area contributed by atoms with Crippen LogP contribution in [0.15, 0.2) is 16.3 Å². The second-order valence-electron chi connectivity index (χ2n) is 5.22. The van der Waals surface area contributed by atoms with Gasteiger partial charge in [-0.15, -0.1) is 11.3 Å². The van der Waals surface area contributed by atoms with Crippen molar-refractivity contribution in [3.05, 3.63) is 16.3 Å². The van der Waals surface area contributed by atoms with E-state index in [0.29, 0.717) is 12.8 Å². The van der Waals surface area contributed by atoms with E-state index in [1.54, 1.807) is 0 Å². The minimum Gasteiger partial charge on any atom is -0.465 e. The van der Waals surface area contributed by atoms with Crippen LogP contribution in [0.2, 0.25) is 0 Å². The van der Waals surface area contributed by atoms with Gasteiger partial charge < -0.3 is 9.84 Å². The monoisotopic (exact) mass is 333 g/mol. The van der Waals surface area contributed by atoms with Crippen molar-refractivity contribution in [3.63, 3.8) is 0 Å². The molecular weight excluding hydrogens is 314 g/mol. The van der Waals surface area contributed by atoms with Crippen LogP contribution in [-0.2, 0) is 14.8 Å². The largest absolute Gasteiger partial charge is 0.465 e. The third kappa shape index (κ3) is 3.82. The normalized spacial score (nSPS) is 18.4. The molecule has 2 rings (SSSR count). The molecule has 1 aliphatic rings. The highest BCUT2D eigenvalue weighted by Gasteiger charge is 2.32. The van der Waals surface area contributed by atoms with E-state index in [4.69, 9.17) is 0 Å². The number of hydrogen-bond donors (Lipinski definition) is 2. The van der Waals surface area contributed by atoms with E-state index < -0.39 is 21.6 Å². The Hall–Kier alpha value is -0.960. The Balaban J connectivity index is 2.12. The van der Waals surface area contributed by atoms with Crippen molar-refractivity contribution in [1.29, 1.82) is 0 Å². The number of sulfonamides is 1. The zero-order valence-electron chi connectivity index (χ0n) is 11.8. The molecule has 1 fully saturated rings. The molecule has 1 aromatic rings. The number of carbonyl (C=O) groups is 1.